The molecule has 1 saturated heterocycles. The number of carbonyl (C=O) groups is 1. The molecule has 0 atom stereocenters. The zero-order valence-electron chi connectivity index (χ0n) is 11.0. The highest BCUT2D eigenvalue weighted by Gasteiger charge is 2.20. The third kappa shape index (κ3) is 4.47. The van der Waals surface area contributed by atoms with Gasteiger partial charge in [0.2, 0.25) is 15.9 Å². The molecule has 1 aliphatic heterocycles. The lowest BCUT2D eigenvalue weighted by Gasteiger charge is -2.15. The Morgan fingerprint density at radius 1 is 1.20 bits per heavy atom. The molecule has 110 valence electrons. The second kappa shape index (κ2) is 6.56. The van der Waals surface area contributed by atoms with Crippen LogP contribution in [0.2, 0.25) is 5.02 Å². The predicted octanol–water partition coefficient (Wildman–Crippen LogP) is 1.38. The summed E-state index contributed by atoms with van der Waals surface area (Å²) >= 11 is 5.74. The average Bonchev–Trinajstić information content (AvgIpc) is 2.93. The second-order valence-corrected chi connectivity index (χ2v) is 7.04. The number of carbonyl (C=O) groups excluding carboxylic acids is 1. The molecule has 2 rings (SSSR count). The van der Waals surface area contributed by atoms with Gasteiger partial charge in [0.25, 0.3) is 0 Å². The Hall–Kier alpha value is -1.11. The quantitative estimate of drug-likeness (QED) is 0.892. The molecule has 1 amide bonds. The van der Waals surface area contributed by atoms with Gasteiger partial charge in [-0.25, -0.2) is 13.1 Å². The molecule has 1 aliphatic rings. The molecule has 1 aromatic rings. The minimum atomic E-state index is -3.51. The van der Waals surface area contributed by atoms with Gasteiger partial charge in [0.15, 0.2) is 0 Å². The Kier molecular flexibility index (Phi) is 5.01. The first-order valence-electron chi connectivity index (χ1n) is 6.46. The summed E-state index contributed by atoms with van der Waals surface area (Å²) in [4.78, 5) is 13.5. The summed E-state index contributed by atoms with van der Waals surface area (Å²) in [6.07, 6.45) is 1.98. The summed E-state index contributed by atoms with van der Waals surface area (Å²) in [6, 6.07) is 6.59. The van der Waals surface area contributed by atoms with Crippen molar-refractivity contribution < 1.29 is 13.2 Å². The molecule has 20 heavy (non-hydrogen) atoms. The molecule has 1 heterocycles. The van der Waals surface area contributed by atoms with Gasteiger partial charge in [-0.3, -0.25) is 4.79 Å². The molecular formula is C13H17ClN2O3S. The van der Waals surface area contributed by atoms with E-state index in [0.717, 1.165) is 25.9 Å². The van der Waals surface area contributed by atoms with E-state index in [2.05, 4.69) is 4.72 Å². The van der Waals surface area contributed by atoms with Crippen molar-refractivity contribution >= 4 is 27.5 Å². The Morgan fingerprint density at radius 2 is 1.80 bits per heavy atom. The van der Waals surface area contributed by atoms with Crippen molar-refractivity contribution in [2.75, 3.05) is 19.6 Å². The van der Waals surface area contributed by atoms with Gasteiger partial charge in [0.05, 0.1) is 12.3 Å². The minimum Gasteiger partial charge on any atom is -0.342 e. The van der Waals surface area contributed by atoms with Gasteiger partial charge in [-0.15, -0.1) is 0 Å². The summed E-state index contributed by atoms with van der Waals surface area (Å²) in [5.74, 6) is -0.320. The summed E-state index contributed by atoms with van der Waals surface area (Å²) < 4.78 is 26.1. The van der Waals surface area contributed by atoms with Crippen molar-refractivity contribution in [3.05, 3.63) is 34.9 Å². The van der Waals surface area contributed by atoms with Crippen molar-refractivity contribution in [3.8, 4) is 0 Å². The fourth-order valence-corrected chi connectivity index (χ4v) is 3.30. The highest BCUT2D eigenvalue weighted by atomic mass is 35.5. The molecule has 0 aromatic heterocycles. The lowest BCUT2D eigenvalue weighted by Crippen LogP contribution is -2.39. The second-order valence-electron chi connectivity index (χ2n) is 4.79. The third-order valence-electron chi connectivity index (χ3n) is 3.17. The molecule has 1 aromatic carbocycles. The highest BCUT2D eigenvalue weighted by Crippen LogP contribution is 2.12. The van der Waals surface area contributed by atoms with Crippen LogP contribution < -0.4 is 4.72 Å². The van der Waals surface area contributed by atoms with E-state index in [4.69, 9.17) is 11.6 Å². The number of sulfonamides is 1. The van der Waals surface area contributed by atoms with Crippen molar-refractivity contribution in [2.24, 2.45) is 0 Å². The minimum absolute atomic E-state index is 0.155. The Bertz CT molecular complexity index is 566. The molecule has 1 fully saturated rings. The molecule has 0 bridgehead atoms. The molecular weight excluding hydrogens is 300 g/mol. The average molecular weight is 317 g/mol. The SMILES string of the molecule is O=C(CNS(=O)(=O)Cc1ccc(Cl)cc1)N1CCCC1. The van der Waals surface area contributed by atoms with E-state index >= 15 is 0 Å². The summed E-state index contributed by atoms with van der Waals surface area (Å²) in [6.45, 7) is 1.27. The van der Waals surface area contributed by atoms with Crippen LogP contribution in [0.3, 0.4) is 0 Å². The maximum Gasteiger partial charge on any atom is 0.237 e. The van der Waals surface area contributed by atoms with E-state index in [0.29, 0.717) is 10.6 Å². The molecule has 0 radical (unpaired) electrons. The largest absolute Gasteiger partial charge is 0.342 e. The maximum atomic E-state index is 11.9. The number of amides is 1. The summed E-state index contributed by atoms with van der Waals surface area (Å²) in [5, 5.41) is 0.559. The highest BCUT2D eigenvalue weighted by molar-refractivity contribution is 7.88. The first-order chi connectivity index (χ1) is 9.46. The van der Waals surface area contributed by atoms with Crippen LogP contribution in [-0.2, 0) is 20.6 Å². The molecule has 0 aliphatic carbocycles. The van der Waals surface area contributed by atoms with E-state index in [1.54, 1.807) is 29.2 Å². The Morgan fingerprint density at radius 3 is 2.40 bits per heavy atom. The number of halogens is 1. The summed E-state index contributed by atoms with van der Waals surface area (Å²) in [7, 11) is -3.51. The number of nitrogens with one attached hydrogen (secondary N) is 1. The molecule has 7 heteroatoms. The maximum absolute atomic E-state index is 11.9. The number of nitrogens with zero attached hydrogens (tertiary/aromatic N) is 1. The number of benzene rings is 1. The number of hydrogen-bond acceptors (Lipinski definition) is 3. The standard InChI is InChI=1S/C13H17ClN2O3S/c14-12-5-3-11(4-6-12)10-20(18,19)15-9-13(17)16-7-1-2-8-16/h3-6,15H,1-2,7-10H2. The third-order valence-corrected chi connectivity index (χ3v) is 4.72. The topological polar surface area (TPSA) is 66.5 Å². The van der Waals surface area contributed by atoms with Crippen molar-refractivity contribution in [2.45, 2.75) is 18.6 Å². The van der Waals surface area contributed by atoms with Gasteiger partial charge in [-0.1, -0.05) is 23.7 Å². The Balaban J connectivity index is 1.87. The van der Waals surface area contributed by atoms with Gasteiger partial charge >= 0.3 is 0 Å². The predicted molar refractivity (Wildman–Crippen MR) is 77.9 cm³/mol. The lowest BCUT2D eigenvalue weighted by atomic mass is 10.2. The molecule has 0 saturated carbocycles. The van der Waals surface area contributed by atoms with Gasteiger partial charge in [0.1, 0.15) is 0 Å². The van der Waals surface area contributed by atoms with Crippen LogP contribution in [0.1, 0.15) is 18.4 Å². The molecule has 5 nitrogen and oxygen atoms in total. The first-order valence-corrected chi connectivity index (χ1v) is 8.49. The zero-order chi connectivity index (χ0) is 14.6. The fourth-order valence-electron chi connectivity index (χ4n) is 2.10. The number of hydrogen-bond donors (Lipinski definition) is 1. The zero-order valence-corrected chi connectivity index (χ0v) is 12.6. The van der Waals surface area contributed by atoms with Crippen molar-refractivity contribution in [1.82, 2.24) is 9.62 Å². The van der Waals surface area contributed by atoms with Crippen molar-refractivity contribution in [3.63, 3.8) is 0 Å². The van der Waals surface area contributed by atoms with Crippen LogP contribution in [0, 0.1) is 0 Å². The van der Waals surface area contributed by atoms with Crippen LogP contribution in [0.15, 0.2) is 24.3 Å². The van der Waals surface area contributed by atoms with Crippen LogP contribution in [-0.4, -0.2) is 38.9 Å². The van der Waals surface area contributed by atoms with E-state index in [1.165, 1.54) is 0 Å². The fraction of sp³-hybridized carbons (Fsp3) is 0.462. The number of likely N-dealkylation sites (tertiary alicyclic amines) is 1. The molecule has 0 spiro atoms. The Labute approximate surface area is 124 Å². The van der Waals surface area contributed by atoms with E-state index < -0.39 is 10.0 Å². The van der Waals surface area contributed by atoms with E-state index in [-0.39, 0.29) is 18.2 Å². The molecule has 1 N–H and O–H groups in total. The first kappa shape index (κ1) is 15.3. The van der Waals surface area contributed by atoms with Gasteiger partial charge in [0, 0.05) is 18.1 Å². The lowest BCUT2D eigenvalue weighted by molar-refractivity contribution is -0.128. The van der Waals surface area contributed by atoms with Crippen LogP contribution in [0.5, 0.6) is 0 Å². The normalized spacial score (nSPS) is 15.6. The summed E-state index contributed by atoms with van der Waals surface area (Å²) in [5.41, 5.74) is 0.635. The van der Waals surface area contributed by atoms with Gasteiger partial charge in [-0.2, -0.15) is 0 Å². The van der Waals surface area contributed by atoms with Crippen molar-refractivity contribution in [1.29, 1.82) is 0 Å². The monoisotopic (exact) mass is 316 g/mol. The molecule has 0 unspecified atom stereocenters. The van der Waals surface area contributed by atoms with Crippen LogP contribution >= 0.6 is 11.6 Å². The van der Waals surface area contributed by atoms with E-state index in [9.17, 15) is 13.2 Å². The van der Waals surface area contributed by atoms with E-state index in [1.807, 2.05) is 0 Å². The van der Waals surface area contributed by atoms with Crippen LogP contribution in [0.25, 0.3) is 0 Å². The van der Waals surface area contributed by atoms with Gasteiger partial charge < -0.3 is 4.90 Å². The van der Waals surface area contributed by atoms with Crippen LogP contribution in [0.4, 0.5) is 0 Å². The smallest absolute Gasteiger partial charge is 0.237 e. The number of rotatable bonds is 5. The van der Waals surface area contributed by atoms with Gasteiger partial charge in [-0.05, 0) is 30.5 Å².